The van der Waals surface area contributed by atoms with Crippen LogP contribution in [0.1, 0.15) is 42.5 Å². The molecule has 0 bridgehead atoms. The number of nitrogens with zero attached hydrogens (tertiary/aromatic N) is 1. The number of nitro groups is 1. The zero-order valence-electron chi connectivity index (χ0n) is 15.5. The number of carbonyl (C=O) groups excluding carboxylic acids is 1. The van der Waals surface area contributed by atoms with Crippen molar-refractivity contribution in [1.29, 1.82) is 0 Å². The molecule has 2 aliphatic rings. The van der Waals surface area contributed by atoms with Gasteiger partial charge in [-0.3, -0.25) is 14.9 Å². The van der Waals surface area contributed by atoms with Crippen LogP contribution < -0.4 is 20.1 Å². The zero-order valence-corrected chi connectivity index (χ0v) is 15.5. The van der Waals surface area contributed by atoms with E-state index in [-0.39, 0.29) is 11.3 Å². The maximum atomic E-state index is 12.7. The molecule has 0 radical (unpaired) electrons. The quantitative estimate of drug-likeness (QED) is 0.602. The number of nitro benzene ring substituents is 1. The van der Waals surface area contributed by atoms with E-state index in [1.54, 1.807) is 25.2 Å². The van der Waals surface area contributed by atoms with Crippen molar-refractivity contribution in [3.63, 3.8) is 0 Å². The molecule has 2 aromatic carbocycles. The summed E-state index contributed by atoms with van der Waals surface area (Å²) in [4.78, 5) is 23.2. The average molecular weight is 383 g/mol. The van der Waals surface area contributed by atoms with Crippen LogP contribution in [0, 0.1) is 10.1 Å². The van der Waals surface area contributed by atoms with Gasteiger partial charge in [-0.1, -0.05) is 6.42 Å². The first-order chi connectivity index (χ1) is 13.5. The van der Waals surface area contributed by atoms with E-state index < -0.39 is 16.6 Å². The standard InChI is InChI=1S/C20H21N3O5/c1-21-16-7-6-14(23(25)26)12-15(16)19(24)22-13-5-8-17-18(11-13)28-20(27-17)9-3-2-4-10-20/h5-8,11-12,21H,2-4,9-10H2,1H3,(H,22,24). The van der Waals surface area contributed by atoms with Crippen LogP contribution in [0.2, 0.25) is 0 Å². The van der Waals surface area contributed by atoms with E-state index in [1.165, 1.54) is 24.6 Å². The number of anilines is 2. The normalized spacial score (nSPS) is 16.6. The van der Waals surface area contributed by atoms with Crippen molar-refractivity contribution < 1.29 is 19.2 Å². The molecule has 1 heterocycles. The second-order valence-corrected chi connectivity index (χ2v) is 7.03. The number of ether oxygens (including phenoxy) is 2. The molecule has 0 atom stereocenters. The number of non-ortho nitro benzene ring substituents is 1. The maximum Gasteiger partial charge on any atom is 0.270 e. The van der Waals surface area contributed by atoms with Crippen LogP contribution in [0.15, 0.2) is 36.4 Å². The van der Waals surface area contributed by atoms with Gasteiger partial charge in [0, 0.05) is 49.5 Å². The molecule has 146 valence electrons. The van der Waals surface area contributed by atoms with Crippen molar-refractivity contribution in [1.82, 2.24) is 0 Å². The lowest BCUT2D eigenvalue weighted by molar-refractivity contribution is -0.384. The monoisotopic (exact) mass is 383 g/mol. The lowest BCUT2D eigenvalue weighted by Crippen LogP contribution is -2.40. The van der Waals surface area contributed by atoms with Gasteiger partial charge in [-0.2, -0.15) is 0 Å². The Kier molecular flexibility index (Phi) is 4.54. The van der Waals surface area contributed by atoms with Gasteiger partial charge < -0.3 is 20.1 Å². The van der Waals surface area contributed by atoms with Crippen LogP contribution in [0.25, 0.3) is 0 Å². The molecule has 8 nitrogen and oxygen atoms in total. The van der Waals surface area contributed by atoms with Gasteiger partial charge in [0.1, 0.15) is 0 Å². The summed E-state index contributed by atoms with van der Waals surface area (Å²) in [5.74, 6) is 0.251. The van der Waals surface area contributed by atoms with Crippen LogP contribution in [0.5, 0.6) is 11.5 Å². The van der Waals surface area contributed by atoms with Crippen molar-refractivity contribution >= 4 is 23.0 Å². The van der Waals surface area contributed by atoms with E-state index in [0.717, 1.165) is 25.7 Å². The van der Waals surface area contributed by atoms with E-state index in [9.17, 15) is 14.9 Å². The first-order valence-electron chi connectivity index (χ1n) is 9.29. The third kappa shape index (κ3) is 3.33. The van der Waals surface area contributed by atoms with Crippen LogP contribution in [0.4, 0.5) is 17.1 Å². The lowest BCUT2D eigenvalue weighted by atomic mass is 9.94. The zero-order chi connectivity index (χ0) is 19.7. The highest BCUT2D eigenvalue weighted by molar-refractivity contribution is 6.08. The molecule has 2 aromatic rings. The Morgan fingerprint density at radius 2 is 1.82 bits per heavy atom. The minimum Gasteiger partial charge on any atom is -0.448 e. The van der Waals surface area contributed by atoms with Crippen molar-refractivity contribution in [3.8, 4) is 11.5 Å². The maximum absolute atomic E-state index is 12.7. The summed E-state index contributed by atoms with van der Waals surface area (Å²) in [7, 11) is 1.65. The Morgan fingerprint density at radius 1 is 1.07 bits per heavy atom. The van der Waals surface area contributed by atoms with Crippen molar-refractivity contribution in [3.05, 3.63) is 52.1 Å². The van der Waals surface area contributed by atoms with Crippen molar-refractivity contribution in [2.24, 2.45) is 0 Å². The molecule has 0 unspecified atom stereocenters. The number of nitrogens with one attached hydrogen (secondary N) is 2. The van der Waals surface area contributed by atoms with Crippen LogP contribution in [-0.4, -0.2) is 23.7 Å². The number of rotatable bonds is 4. The Hall–Kier alpha value is -3.29. The first-order valence-corrected chi connectivity index (χ1v) is 9.29. The van der Waals surface area contributed by atoms with E-state index in [2.05, 4.69) is 10.6 Å². The minimum atomic E-state index is -0.581. The van der Waals surface area contributed by atoms with E-state index >= 15 is 0 Å². The van der Waals surface area contributed by atoms with Crippen LogP contribution in [0.3, 0.4) is 0 Å². The molecule has 4 rings (SSSR count). The number of hydrogen-bond donors (Lipinski definition) is 2. The molecule has 1 fully saturated rings. The summed E-state index contributed by atoms with van der Waals surface area (Å²) in [5.41, 5.74) is 1.09. The average Bonchev–Trinajstić information content (AvgIpc) is 3.04. The summed E-state index contributed by atoms with van der Waals surface area (Å²) in [6.07, 6.45) is 5.02. The summed E-state index contributed by atoms with van der Waals surface area (Å²) in [6.45, 7) is 0. The largest absolute Gasteiger partial charge is 0.448 e. The van der Waals surface area contributed by atoms with Gasteiger partial charge in [0.05, 0.1) is 10.5 Å². The summed E-state index contributed by atoms with van der Waals surface area (Å²) in [6, 6.07) is 9.36. The highest BCUT2D eigenvalue weighted by atomic mass is 16.7. The van der Waals surface area contributed by atoms with Gasteiger partial charge in [0.25, 0.3) is 17.4 Å². The van der Waals surface area contributed by atoms with Gasteiger partial charge in [-0.15, -0.1) is 0 Å². The first kappa shape index (κ1) is 18.1. The molecule has 1 aliphatic heterocycles. The Labute approximate surface area is 162 Å². The number of amides is 1. The fraction of sp³-hybridized carbons (Fsp3) is 0.350. The molecule has 1 amide bonds. The van der Waals surface area contributed by atoms with Gasteiger partial charge in [-0.05, 0) is 31.0 Å². The molecule has 0 aromatic heterocycles. The molecule has 28 heavy (non-hydrogen) atoms. The number of carbonyl (C=O) groups is 1. The topological polar surface area (TPSA) is 103 Å². The summed E-state index contributed by atoms with van der Waals surface area (Å²) < 4.78 is 12.1. The fourth-order valence-electron chi connectivity index (χ4n) is 3.72. The predicted octanol–water partition coefficient (Wildman–Crippen LogP) is 4.32. The summed E-state index contributed by atoms with van der Waals surface area (Å²) in [5, 5.41) is 16.7. The number of benzene rings is 2. The third-order valence-corrected chi connectivity index (χ3v) is 5.14. The highest BCUT2D eigenvalue weighted by Crippen LogP contribution is 2.46. The second-order valence-electron chi connectivity index (χ2n) is 7.03. The molecule has 1 aliphatic carbocycles. The van der Waals surface area contributed by atoms with Gasteiger partial charge >= 0.3 is 0 Å². The van der Waals surface area contributed by atoms with Crippen molar-refractivity contribution in [2.45, 2.75) is 37.9 Å². The molecule has 0 saturated heterocycles. The third-order valence-electron chi connectivity index (χ3n) is 5.14. The summed E-state index contributed by atoms with van der Waals surface area (Å²) >= 11 is 0. The molecule has 1 spiro atoms. The van der Waals surface area contributed by atoms with Crippen molar-refractivity contribution in [2.75, 3.05) is 17.7 Å². The van der Waals surface area contributed by atoms with Gasteiger partial charge in [0.15, 0.2) is 11.5 Å². The highest BCUT2D eigenvalue weighted by Gasteiger charge is 2.42. The van der Waals surface area contributed by atoms with Gasteiger partial charge in [-0.25, -0.2) is 0 Å². The Balaban J connectivity index is 1.55. The Bertz CT molecular complexity index is 937. The lowest BCUT2D eigenvalue weighted by Gasteiger charge is -2.31. The molecular weight excluding hydrogens is 362 g/mol. The Morgan fingerprint density at radius 3 is 2.54 bits per heavy atom. The van der Waals surface area contributed by atoms with Gasteiger partial charge in [0.2, 0.25) is 0 Å². The van der Waals surface area contributed by atoms with Crippen LogP contribution >= 0.6 is 0 Å². The van der Waals surface area contributed by atoms with E-state index in [0.29, 0.717) is 22.9 Å². The SMILES string of the molecule is CNc1ccc([N+](=O)[O-])cc1C(=O)Nc1ccc2c(c1)OC1(CCCCC1)O2. The van der Waals surface area contributed by atoms with Crippen LogP contribution in [-0.2, 0) is 0 Å². The molecular formula is C20H21N3O5. The fourth-order valence-corrected chi connectivity index (χ4v) is 3.72. The number of hydrogen-bond acceptors (Lipinski definition) is 6. The minimum absolute atomic E-state index is 0.144. The number of fused-ring (bicyclic) bond motifs is 1. The molecule has 1 saturated carbocycles. The van der Waals surface area contributed by atoms with E-state index in [1.807, 2.05) is 0 Å². The van der Waals surface area contributed by atoms with E-state index in [4.69, 9.17) is 9.47 Å². The smallest absolute Gasteiger partial charge is 0.270 e. The molecule has 8 heteroatoms. The second kappa shape index (κ2) is 7.03. The predicted molar refractivity (Wildman–Crippen MR) is 104 cm³/mol. The molecule has 2 N–H and O–H groups in total.